The van der Waals surface area contributed by atoms with Gasteiger partial charge >= 0.3 is 29.8 Å². The summed E-state index contributed by atoms with van der Waals surface area (Å²) in [5.74, 6) is -1.05. The smallest absolute Gasteiger partial charge is 0.302 e. The third-order valence-electron chi connectivity index (χ3n) is 1.74. The molecule has 0 bridgehead atoms. The summed E-state index contributed by atoms with van der Waals surface area (Å²) in [6, 6.07) is 0. The van der Waals surface area contributed by atoms with Crippen molar-refractivity contribution in [1.29, 1.82) is 0 Å². The van der Waals surface area contributed by atoms with Crippen molar-refractivity contribution in [2.45, 2.75) is 69.2 Å². The molecule has 1 N–H and O–H groups in total. The van der Waals surface area contributed by atoms with Crippen molar-refractivity contribution in [3.05, 3.63) is 0 Å². The van der Waals surface area contributed by atoms with Gasteiger partial charge in [0.2, 0.25) is 0 Å². The van der Waals surface area contributed by atoms with Crippen molar-refractivity contribution in [3.8, 4) is 0 Å². The normalized spacial score (nSPS) is 7.38. The van der Waals surface area contributed by atoms with Crippen molar-refractivity contribution in [1.82, 2.24) is 0 Å². The third-order valence-corrected chi connectivity index (χ3v) is 1.74. The van der Waals surface area contributed by atoms with Crippen molar-refractivity contribution in [3.63, 3.8) is 0 Å². The molecular formula is C21H44O11. The molecule has 0 aromatic heterocycles. The molecule has 0 rings (SSSR count). The monoisotopic (exact) mass is 472 g/mol. The van der Waals surface area contributed by atoms with Crippen molar-refractivity contribution in [2.75, 3.05) is 40.1 Å². The highest BCUT2D eigenvalue weighted by Gasteiger charge is 1.83. The number of hydrogen-bond donors (Lipinski definition) is 1. The highest BCUT2D eigenvalue weighted by atomic mass is 16.5. The van der Waals surface area contributed by atoms with Crippen LogP contribution in [-0.2, 0) is 47.7 Å². The second-order valence-corrected chi connectivity index (χ2v) is 4.62. The summed E-state index contributed by atoms with van der Waals surface area (Å²) in [7, 11) is 1.00. The lowest BCUT2D eigenvalue weighted by molar-refractivity contribution is -0.141. The van der Waals surface area contributed by atoms with E-state index in [1.165, 1.54) is 34.6 Å². The number of rotatable bonds is 5. The average Bonchev–Trinajstić information content (AvgIpc) is 2.65. The molecule has 11 heteroatoms. The molecule has 0 fully saturated rings. The summed E-state index contributed by atoms with van der Waals surface area (Å²) in [6.07, 6.45) is 0. The number of carbonyl (C=O) groups is 5. The molecule has 0 unspecified atom stereocenters. The number of aliphatic hydroxyl groups excluding tert-OH is 1. The Morgan fingerprint density at radius 2 is 0.500 bits per heavy atom. The molecule has 11 nitrogen and oxygen atoms in total. The maximum absolute atomic E-state index is 9.82. The van der Waals surface area contributed by atoms with Crippen LogP contribution in [0.2, 0.25) is 0 Å². The third kappa shape index (κ3) is 125. The van der Waals surface area contributed by atoms with Crippen LogP contribution in [0.25, 0.3) is 0 Å². The van der Waals surface area contributed by atoms with E-state index in [4.69, 9.17) is 5.11 Å². The standard InChI is InChI=1S/5C4H8O2.CH4O/c5*1-3-6-4(2)5;1-2/h5*3H2,1-2H3;2H,1H3. The van der Waals surface area contributed by atoms with Gasteiger partial charge in [-0.2, -0.15) is 0 Å². The minimum Gasteiger partial charge on any atom is -0.466 e. The van der Waals surface area contributed by atoms with E-state index in [0.29, 0.717) is 33.0 Å². The van der Waals surface area contributed by atoms with Gasteiger partial charge in [-0.05, 0) is 34.6 Å². The first-order chi connectivity index (χ1) is 14.9. The zero-order chi connectivity index (χ0) is 27.0. The Bertz CT molecular complexity index is 343. The van der Waals surface area contributed by atoms with Gasteiger partial charge in [-0.3, -0.25) is 24.0 Å². The van der Waals surface area contributed by atoms with E-state index in [1.54, 1.807) is 34.6 Å². The minimum absolute atomic E-state index is 0.211. The lowest BCUT2D eigenvalue weighted by atomic mass is 10.8. The number of hydrogen-bond acceptors (Lipinski definition) is 11. The van der Waals surface area contributed by atoms with E-state index in [-0.39, 0.29) is 29.8 Å². The van der Waals surface area contributed by atoms with E-state index >= 15 is 0 Å². The van der Waals surface area contributed by atoms with Gasteiger partial charge in [0.15, 0.2) is 0 Å². The molecule has 0 aromatic rings. The van der Waals surface area contributed by atoms with Gasteiger partial charge in [0.1, 0.15) is 0 Å². The molecule has 0 spiro atoms. The molecule has 0 radical (unpaired) electrons. The molecule has 0 saturated carbocycles. The fourth-order valence-electron chi connectivity index (χ4n) is 1.02. The summed E-state index contributed by atoms with van der Waals surface area (Å²) in [6.45, 7) is 18.3. The molecule has 0 atom stereocenters. The predicted molar refractivity (Wildman–Crippen MR) is 120 cm³/mol. The Balaban J connectivity index is -0.0000000647. The van der Waals surface area contributed by atoms with Crippen LogP contribution in [0, 0.1) is 0 Å². The van der Waals surface area contributed by atoms with E-state index in [0.717, 1.165) is 7.11 Å². The summed E-state index contributed by atoms with van der Waals surface area (Å²) in [5, 5.41) is 7.00. The number of ether oxygens (including phenoxy) is 5. The second kappa shape index (κ2) is 42.4. The van der Waals surface area contributed by atoms with Crippen LogP contribution in [0.3, 0.4) is 0 Å². The first-order valence-electron chi connectivity index (χ1n) is 9.97. The van der Waals surface area contributed by atoms with Gasteiger partial charge < -0.3 is 28.8 Å². The quantitative estimate of drug-likeness (QED) is 0.464. The van der Waals surface area contributed by atoms with E-state index < -0.39 is 0 Å². The van der Waals surface area contributed by atoms with Gasteiger partial charge in [-0.1, -0.05) is 0 Å². The zero-order valence-corrected chi connectivity index (χ0v) is 21.6. The predicted octanol–water partition coefficient (Wildman–Crippen LogP) is 2.46. The first kappa shape index (κ1) is 43.2. The van der Waals surface area contributed by atoms with Gasteiger partial charge in [-0.25, -0.2) is 0 Å². The highest BCUT2D eigenvalue weighted by Crippen LogP contribution is 1.71. The minimum atomic E-state index is -0.211. The Hall–Kier alpha value is -2.69. The van der Waals surface area contributed by atoms with Gasteiger partial charge in [0.25, 0.3) is 0 Å². The molecular weight excluding hydrogens is 428 g/mol. The molecule has 0 saturated heterocycles. The Labute approximate surface area is 192 Å². The lowest BCUT2D eigenvalue weighted by Crippen LogP contribution is -1.95. The number of esters is 5. The fraction of sp³-hybridized carbons (Fsp3) is 0.762. The number of carbonyl (C=O) groups excluding carboxylic acids is 5. The van der Waals surface area contributed by atoms with E-state index in [9.17, 15) is 24.0 Å². The fourth-order valence-corrected chi connectivity index (χ4v) is 1.02. The maximum Gasteiger partial charge on any atom is 0.302 e. The molecule has 32 heavy (non-hydrogen) atoms. The lowest BCUT2D eigenvalue weighted by Gasteiger charge is -1.89. The van der Waals surface area contributed by atoms with E-state index in [2.05, 4.69) is 23.7 Å². The molecule has 0 amide bonds. The molecule has 194 valence electrons. The summed E-state index contributed by atoms with van der Waals surface area (Å²) in [4.78, 5) is 49.1. The van der Waals surface area contributed by atoms with Crippen LogP contribution in [0.5, 0.6) is 0 Å². The topological polar surface area (TPSA) is 152 Å². The molecule has 0 aliphatic carbocycles. The highest BCUT2D eigenvalue weighted by molar-refractivity contribution is 5.66. The van der Waals surface area contributed by atoms with Crippen molar-refractivity contribution in [2.24, 2.45) is 0 Å². The molecule has 0 aliphatic heterocycles. The van der Waals surface area contributed by atoms with Crippen LogP contribution in [0.4, 0.5) is 0 Å². The van der Waals surface area contributed by atoms with Crippen LogP contribution in [0.15, 0.2) is 0 Å². The van der Waals surface area contributed by atoms with Gasteiger partial charge in [0, 0.05) is 41.7 Å². The Morgan fingerprint density at radius 3 is 0.500 bits per heavy atom. The van der Waals surface area contributed by atoms with Crippen LogP contribution >= 0.6 is 0 Å². The molecule has 0 aromatic carbocycles. The summed E-state index contributed by atoms with van der Waals surface area (Å²) >= 11 is 0. The summed E-state index contributed by atoms with van der Waals surface area (Å²) < 4.78 is 22.0. The Morgan fingerprint density at radius 1 is 0.406 bits per heavy atom. The van der Waals surface area contributed by atoms with Crippen LogP contribution < -0.4 is 0 Å². The Kier molecular flexibility index (Phi) is 57.3. The summed E-state index contributed by atoms with van der Waals surface area (Å²) in [5.41, 5.74) is 0. The molecule has 0 heterocycles. The van der Waals surface area contributed by atoms with Gasteiger partial charge in [0.05, 0.1) is 33.0 Å². The average molecular weight is 473 g/mol. The van der Waals surface area contributed by atoms with Crippen molar-refractivity contribution < 1.29 is 52.8 Å². The second-order valence-electron chi connectivity index (χ2n) is 4.62. The maximum atomic E-state index is 9.82. The van der Waals surface area contributed by atoms with Crippen LogP contribution in [0.1, 0.15) is 69.2 Å². The zero-order valence-electron chi connectivity index (χ0n) is 21.6. The van der Waals surface area contributed by atoms with Crippen LogP contribution in [-0.4, -0.2) is 75.1 Å². The largest absolute Gasteiger partial charge is 0.466 e. The first-order valence-corrected chi connectivity index (χ1v) is 9.97. The van der Waals surface area contributed by atoms with E-state index in [1.807, 2.05) is 0 Å². The number of aliphatic hydroxyl groups is 1. The van der Waals surface area contributed by atoms with Crippen molar-refractivity contribution >= 4 is 29.8 Å². The molecule has 0 aliphatic rings. The van der Waals surface area contributed by atoms with Gasteiger partial charge in [-0.15, -0.1) is 0 Å². The SMILES string of the molecule is CCOC(C)=O.CCOC(C)=O.CCOC(C)=O.CCOC(C)=O.CCOC(C)=O.CO.